The highest BCUT2D eigenvalue weighted by Crippen LogP contribution is 2.34. The summed E-state index contributed by atoms with van der Waals surface area (Å²) in [4.78, 5) is 1.13. The summed E-state index contributed by atoms with van der Waals surface area (Å²) in [6.07, 6.45) is 1.69. The van der Waals surface area contributed by atoms with Crippen molar-refractivity contribution in [2.45, 2.75) is 6.04 Å². The summed E-state index contributed by atoms with van der Waals surface area (Å²) in [7, 11) is 0. The lowest BCUT2D eigenvalue weighted by atomic mass is 10.1. The molecule has 2 nitrogen and oxygen atoms in total. The van der Waals surface area contributed by atoms with Crippen molar-refractivity contribution in [3.8, 4) is 0 Å². The van der Waals surface area contributed by atoms with Crippen LogP contribution < -0.4 is 5.32 Å². The van der Waals surface area contributed by atoms with Gasteiger partial charge in [-0.1, -0.05) is 17.7 Å². The normalized spacial score (nSPS) is 12.3. The number of hydrogen-bond donors (Lipinski definition) is 1. The molecule has 102 valence electrons. The third-order valence-electron chi connectivity index (χ3n) is 2.84. The Bertz CT molecular complexity index is 695. The van der Waals surface area contributed by atoms with Gasteiger partial charge in [0, 0.05) is 14.1 Å². The molecule has 0 radical (unpaired) electrons. The molecule has 0 spiro atoms. The van der Waals surface area contributed by atoms with Gasteiger partial charge in [0.1, 0.15) is 11.8 Å². The Kier molecular flexibility index (Phi) is 4.33. The van der Waals surface area contributed by atoms with E-state index in [9.17, 15) is 0 Å². The molecule has 0 saturated carbocycles. The van der Waals surface area contributed by atoms with Crippen LogP contribution in [0.5, 0.6) is 0 Å². The molecule has 20 heavy (non-hydrogen) atoms. The van der Waals surface area contributed by atoms with Crippen LogP contribution in [0.4, 0.5) is 5.69 Å². The van der Waals surface area contributed by atoms with Crippen LogP contribution in [0.2, 0.25) is 4.34 Å². The molecular formula is C15H11ClINOS. The molecule has 2 heterocycles. The third kappa shape index (κ3) is 3.19. The van der Waals surface area contributed by atoms with E-state index in [1.165, 1.54) is 3.57 Å². The smallest absolute Gasteiger partial charge is 0.131 e. The average Bonchev–Trinajstić information content (AvgIpc) is 3.07. The van der Waals surface area contributed by atoms with Gasteiger partial charge >= 0.3 is 0 Å². The fraction of sp³-hybridized carbons (Fsp3) is 0.0667. The quantitative estimate of drug-likeness (QED) is 0.545. The monoisotopic (exact) mass is 415 g/mol. The van der Waals surface area contributed by atoms with Crippen LogP contribution in [-0.2, 0) is 0 Å². The summed E-state index contributed by atoms with van der Waals surface area (Å²) in [5.74, 6) is 0.877. The lowest BCUT2D eigenvalue weighted by Gasteiger charge is -2.16. The summed E-state index contributed by atoms with van der Waals surface area (Å²) in [5, 5.41) is 3.51. The number of nitrogens with one attached hydrogen (secondary N) is 1. The van der Waals surface area contributed by atoms with E-state index in [2.05, 4.69) is 40.0 Å². The SMILES string of the molecule is Clc1ccc(C(Nc2cccc(I)c2)c2ccco2)s1. The molecule has 1 aromatic carbocycles. The topological polar surface area (TPSA) is 25.2 Å². The number of furan rings is 1. The molecule has 1 unspecified atom stereocenters. The van der Waals surface area contributed by atoms with Crippen LogP contribution >= 0.6 is 45.5 Å². The largest absolute Gasteiger partial charge is 0.467 e. The maximum absolute atomic E-state index is 6.05. The highest BCUT2D eigenvalue weighted by Gasteiger charge is 2.18. The maximum atomic E-state index is 6.05. The van der Waals surface area contributed by atoms with Crippen molar-refractivity contribution in [2.24, 2.45) is 0 Å². The summed E-state index contributed by atoms with van der Waals surface area (Å²) in [5.41, 5.74) is 1.06. The van der Waals surface area contributed by atoms with Crippen molar-refractivity contribution >= 4 is 51.2 Å². The summed E-state index contributed by atoms with van der Waals surface area (Å²) in [6.45, 7) is 0. The van der Waals surface area contributed by atoms with Crippen molar-refractivity contribution in [2.75, 3.05) is 5.32 Å². The van der Waals surface area contributed by atoms with Gasteiger partial charge in [0.05, 0.1) is 10.6 Å². The summed E-state index contributed by atoms with van der Waals surface area (Å²) >= 11 is 9.91. The predicted molar refractivity (Wildman–Crippen MR) is 92.7 cm³/mol. The summed E-state index contributed by atoms with van der Waals surface area (Å²) in [6, 6.07) is 16.0. The van der Waals surface area contributed by atoms with Crippen molar-refractivity contribution in [3.05, 3.63) is 73.3 Å². The van der Waals surface area contributed by atoms with Crippen LogP contribution in [-0.4, -0.2) is 0 Å². The minimum absolute atomic E-state index is 0.0271. The molecule has 0 amide bonds. The lowest BCUT2D eigenvalue weighted by molar-refractivity contribution is 0.501. The molecule has 3 aromatic rings. The van der Waals surface area contributed by atoms with E-state index in [1.807, 2.05) is 36.4 Å². The second kappa shape index (κ2) is 6.20. The number of benzene rings is 1. The zero-order chi connectivity index (χ0) is 13.9. The molecule has 1 atom stereocenters. The number of hydrogen-bond acceptors (Lipinski definition) is 3. The van der Waals surface area contributed by atoms with Crippen molar-refractivity contribution in [1.29, 1.82) is 0 Å². The van der Waals surface area contributed by atoms with E-state index in [4.69, 9.17) is 16.0 Å². The Morgan fingerprint density at radius 1 is 1.15 bits per heavy atom. The van der Waals surface area contributed by atoms with Gasteiger partial charge in [-0.15, -0.1) is 11.3 Å². The number of thiophene rings is 1. The number of halogens is 2. The van der Waals surface area contributed by atoms with Gasteiger partial charge < -0.3 is 9.73 Å². The predicted octanol–water partition coefficient (Wildman–Crippen LogP) is 5.80. The average molecular weight is 416 g/mol. The first-order chi connectivity index (χ1) is 9.72. The second-order valence-electron chi connectivity index (χ2n) is 4.24. The van der Waals surface area contributed by atoms with Gasteiger partial charge in [-0.3, -0.25) is 0 Å². The van der Waals surface area contributed by atoms with Crippen molar-refractivity contribution in [3.63, 3.8) is 0 Å². The van der Waals surface area contributed by atoms with Gasteiger partial charge in [-0.2, -0.15) is 0 Å². The first kappa shape index (κ1) is 14.0. The second-order valence-corrected chi connectivity index (χ2v) is 7.24. The lowest BCUT2D eigenvalue weighted by Crippen LogP contribution is -2.10. The minimum Gasteiger partial charge on any atom is -0.467 e. The Hall–Kier alpha value is -0.980. The van der Waals surface area contributed by atoms with E-state index < -0.39 is 0 Å². The number of rotatable bonds is 4. The van der Waals surface area contributed by atoms with E-state index in [1.54, 1.807) is 17.6 Å². The Balaban J connectivity index is 1.94. The molecule has 0 saturated heterocycles. The van der Waals surface area contributed by atoms with E-state index >= 15 is 0 Å². The highest BCUT2D eigenvalue weighted by atomic mass is 127. The molecule has 0 bridgehead atoms. The molecule has 0 aliphatic heterocycles. The van der Waals surface area contributed by atoms with Gasteiger partial charge in [-0.25, -0.2) is 0 Å². The van der Waals surface area contributed by atoms with Crippen LogP contribution in [0, 0.1) is 3.57 Å². The van der Waals surface area contributed by atoms with E-state index in [0.29, 0.717) is 0 Å². The Morgan fingerprint density at radius 2 is 2.05 bits per heavy atom. The Morgan fingerprint density at radius 3 is 2.70 bits per heavy atom. The number of anilines is 1. The van der Waals surface area contributed by atoms with Crippen LogP contribution in [0.1, 0.15) is 16.7 Å². The third-order valence-corrected chi connectivity index (χ3v) is 4.81. The molecule has 5 heteroatoms. The maximum Gasteiger partial charge on any atom is 0.131 e. The molecule has 0 aliphatic carbocycles. The van der Waals surface area contributed by atoms with Gasteiger partial charge in [0.15, 0.2) is 0 Å². The fourth-order valence-corrected chi connectivity index (χ4v) is 3.63. The van der Waals surface area contributed by atoms with Gasteiger partial charge in [-0.05, 0) is 65.1 Å². The van der Waals surface area contributed by atoms with E-state index in [0.717, 1.165) is 20.7 Å². The van der Waals surface area contributed by atoms with Crippen molar-refractivity contribution in [1.82, 2.24) is 0 Å². The summed E-state index contributed by atoms with van der Waals surface area (Å²) < 4.78 is 7.53. The highest BCUT2D eigenvalue weighted by molar-refractivity contribution is 14.1. The molecule has 2 aromatic heterocycles. The molecule has 0 fully saturated rings. The molecule has 1 N–H and O–H groups in total. The Labute approximate surface area is 139 Å². The zero-order valence-electron chi connectivity index (χ0n) is 10.3. The van der Waals surface area contributed by atoms with Crippen LogP contribution in [0.3, 0.4) is 0 Å². The van der Waals surface area contributed by atoms with Crippen LogP contribution in [0.15, 0.2) is 59.2 Å². The molecule has 3 rings (SSSR count). The van der Waals surface area contributed by atoms with Crippen molar-refractivity contribution < 1.29 is 4.42 Å². The van der Waals surface area contributed by atoms with E-state index in [-0.39, 0.29) is 6.04 Å². The van der Waals surface area contributed by atoms with Gasteiger partial charge in [0.25, 0.3) is 0 Å². The fourth-order valence-electron chi connectivity index (χ4n) is 1.97. The van der Waals surface area contributed by atoms with Gasteiger partial charge in [0.2, 0.25) is 0 Å². The first-order valence-corrected chi connectivity index (χ1v) is 8.30. The first-order valence-electron chi connectivity index (χ1n) is 6.03. The minimum atomic E-state index is -0.0271. The molecule has 0 aliphatic rings. The molecular weight excluding hydrogens is 405 g/mol. The zero-order valence-corrected chi connectivity index (χ0v) is 14.1. The van der Waals surface area contributed by atoms with Crippen LogP contribution in [0.25, 0.3) is 0 Å². The standard InChI is InChI=1S/C15H11ClINOS/c16-14-7-6-13(20-14)15(12-5-2-8-19-12)18-11-4-1-3-10(17)9-11/h1-9,15,18H.